The SMILES string of the molecule is NCc1ccc(C(=O)Cc2ccc(Br)cc2)cc1. The van der Waals surface area contributed by atoms with Gasteiger partial charge in [-0.2, -0.15) is 0 Å². The van der Waals surface area contributed by atoms with Gasteiger partial charge < -0.3 is 5.73 Å². The third kappa shape index (κ3) is 3.28. The molecule has 0 heterocycles. The van der Waals surface area contributed by atoms with Gasteiger partial charge in [0.25, 0.3) is 0 Å². The highest BCUT2D eigenvalue weighted by Crippen LogP contribution is 2.13. The van der Waals surface area contributed by atoms with Gasteiger partial charge in [0.2, 0.25) is 0 Å². The van der Waals surface area contributed by atoms with E-state index in [2.05, 4.69) is 15.9 Å². The smallest absolute Gasteiger partial charge is 0.167 e. The molecule has 0 fully saturated rings. The summed E-state index contributed by atoms with van der Waals surface area (Å²) in [4.78, 5) is 12.1. The van der Waals surface area contributed by atoms with E-state index in [1.807, 2.05) is 48.5 Å². The lowest BCUT2D eigenvalue weighted by Crippen LogP contribution is -2.04. The Kier molecular flexibility index (Phi) is 4.28. The molecule has 2 aromatic rings. The fourth-order valence-electron chi connectivity index (χ4n) is 1.72. The Labute approximate surface area is 115 Å². The summed E-state index contributed by atoms with van der Waals surface area (Å²) in [7, 11) is 0. The van der Waals surface area contributed by atoms with Crippen molar-refractivity contribution in [3.05, 3.63) is 69.7 Å². The maximum absolute atomic E-state index is 12.1. The predicted molar refractivity (Wildman–Crippen MR) is 76.5 cm³/mol. The number of hydrogen-bond donors (Lipinski definition) is 1. The van der Waals surface area contributed by atoms with Crippen LogP contribution in [0.15, 0.2) is 53.0 Å². The van der Waals surface area contributed by atoms with E-state index in [1.165, 1.54) is 0 Å². The molecular formula is C15H14BrNO. The van der Waals surface area contributed by atoms with Crippen LogP contribution in [-0.4, -0.2) is 5.78 Å². The Balaban J connectivity index is 2.09. The number of hydrogen-bond acceptors (Lipinski definition) is 2. The van der Waals surface area contributed by atoms with Crippen LogP contribution in [0.25, 0.3) is 0 Å². The van der Waals surface area contributed by atoms with E-state index in [0.29, 0.717) is 13.0 Å². The Bertz CT molecular complexity index is 531. The summed E-state index contributed by atoms with van der Waals surface area (Å²) in [5.74, 6) is 0.126. The normalized spacial score (nSPS) is 10.3. The predicted octanol–water partition coefficient (Wildman–Crippen LogP) is 3.33. The van der Waals surface area contributed by atoms with Crippen molar-refractivity contribution in [2.45, 2.75) is 13.0 Å². The molecule has 0 aliphatic heterocycles. The number of Topliss-reactive ketones (excluding diaryl/α,β-unsaturated/α-hetero) is 1. The lowest BCUT2D eigenvalue weighted by atomic mass is 10.0. The van der Waals surface area contributed by atoms with Crippen LogP contribution in [0, 0.1) is 0 Å². The number of rotatable bonds is 4. The van der Waals surface area contributed by atoms with Crippen LogP contribution in [0.1, 0.15) is 21.5 Å². The number of carbonyl (C=O) groups excluding carboxylic acids is 1. The molecule has 18 heavy (non-hydrogen) atoms. The fourth-order valence-corrected chi connectivity index (χ4v) is 1.98. The molecule has 0 aromatic heterocycles. The van der Waals surface area contributed by atoms with Crippen molar-refractivity contribution in [1.29, 1.82) is 0 Å². The number of nitrogens with two attached hydrogens (primary N) is 1. The molecule has 0 saturated heterocycles. The lowest BCUT2D eigenvalue weighted by molar-refractivity contribution is 0.0993. The maximum Gasteiger partial charge on any atom is 0.167 e. The first-order chi connectivity index (χ1) is 8.69. The summed E-state index contributed by atoms with van der Waals surface area (Å²) < 4.78 is 1.02. The van der Waals surface area contributed by atoms with E-state index < -0.39 is 0 Å². The minimum atomic E-state index is 0.126. The molecular weight excluding hydrogens is 290 g/mol. The topological polar surface area (TPSA) is 43.1 Å². The average Bonchev–Trinajstić information content (AvgIpc) is 2.41. The number of ketones is 1. The first kappa shape index (κ1) is 13.0. The highest BCUT2D eigenvalue weighted by Gasteiger charge is 2.06. The third-order valence-corrected chi connectivity index (χ3v) is 3.32. The van der Waals surface area contributed by atoms with E-state index in [4.69, 9.17) is 5.73 Å². The van der Waals surface area contributed by atoms with E-state index in [-0.39, 0.29) is 5.78 Å². The Morgan fingerprint density at radius 3 is 2.06 bits per heavy atom. The van der Waals surface area contributed by atoms with Crippen LogP contribution in [0.5, 0.6) is 0 Å². The lowest BCUT2D eigenvalue weighted by Gasteiger charge is -2.03. The second kappa shape index (κ2) is 5.94. The number of halogens is 1. The third-order valence-electron chi connectivity index (χ3n) is 2.79. The van der Waals surface area contributed by atoms with Gasteiger partial charge in [-0.05, 0) is 23.3 Å². The summed E-state index contributed by atoms with van der Waals surface area (Å²) in [6.45, 7) is 0.501. The molecule has 0 spiro atoms. The molecule has 0 aliphatic rings. The summed E-state index contributed by atoms with van der Waals surface area (Å²) in [5, 5.41) is 0. The first-order valence-electron chi connectivity index (χ1n) is 5.75. The van der Waals surface area contributed by atoms with Crippen LogP contribution >= 0.6 is 15.9 Å². The molecule has 0 radical (unpaired) electrons. The second-order valence-electron chi connectivity index (χ2n) is 4.13. The fraction of sp³-hybridized carbons (Fsp3) is 0.133. The molecule has 0 atom stereocenters. The van der Waals surface area contributed by atoms with Gasteiger partial charge in [0, 0.05) is 23.0 Å². The molecule has 0 aliphatic carbocycles. The summed E-state index contributed by atoms with van der Waals surface area (Å²) >= 11 is 3.38. The molecule has 2 N–H and O–H groups in total. The van der Waals surface area contributed by atoms with Crippen molar-refractivity contribution in [2.24, 2.45) is 5.73 Å². The van der Waals surface area contributed by atoms with Gasteiger partial charge in [0.15, 0.2) is 5.78 Å². The van der Waals surface area contributed by atoms with Crippen LogP contribution in [0.4, 0.5) is 0 Å². The van der Waals surface area contributed by atoms with Crippen LogP contribution in [0.2, 0.25) is 0 Å². The minimum absolute atomic E-state index is 0.126. The van der Waals surface area contributed by atoms with E-state index in [1.54, 1.807) is 0 Å². The molecule has 0 bridgehead atoms. The van der Waals surface area contributed by atoms with Crippen molar-refractivity contribution in [2.75, 3.05) is 0 Å². The van der Waals surface area contributed by atoms with E-state index >= 15 is 0 Å². The van der Waals surface area contributed by atoms with Gasteiger partial charge in [-0.25, -0.2) is 0 Å². The van der Waals surface area contributed by atoms with Gasteiger partial charge in [0.05, 0.1) is 0 Å². The Morgan fingerprint density at radius 2 is 1.50 bits per heavy atom. The Morgan fingerprint density at radius 1 is 0.944 bits per heavy atom. The minimum Gasteiger partial charge on any atom is -0.326 e. The standard InChI is InChI=1S/C15H14BrNO/c16-14-7-3-11(4-8-14)9-15(18)13-5-1-12(10-17)2-6-13/h1-8H,9-10,17H2. The van der Waals surface area contributed by atoms with E-state index in [0.717, 1.165) is 21.2 Å². The van der Waals surface area contributed by atoms with E-state index in [9.17, 15) is 4.79 Å². The van der Waals surface area contributed by atoms with Gasteiger partial charge in [-0.15, -0.1) is 0 Å². The Hall–Kier alpha value is -1.45. The quantitative estimate of drug-likeness (QED) is 0.880. The highest BCUT2D eigenvalue weighted by molar-refractivity contribution is 9.10. The van der Waals surface area contributed by atoms with Crippen molar-refractivity contribution in [3.63, 3.8) is 0 Å². The monoisotopic (exact) mass is 303 g/mol. The highest BCUT2D eigenvalue weighted by atomic mass is 79.9. The first-order valence-corrected chi connectivity index (χ1v) is 6.55. The summed E-state index contributed by atoms with van der Waals surface area (Å²) in [5.41, 5.74) is 8.31. The zero-order valence-electron chi connectivity index (χ0n) is 9.90. The molecule has 92 valence electrons. The molecule has 0 amide bonds. The van der Waals surface area contributed by atoms with Crippen molar-refractivity contribution in [1.82, 2.24) is 0 Å². The van der Waals surface area contributed by atoms with Gasteiger partial charge >= 0.3 is 0 Å². The molecule has 0 unspecified atom stereocenters. The van der Waals surface area contributed by atoms with Crippen molar-refractivity contribution < 1.29 is 4.79 Å². The van der Waals surface area contributed by atoms with Crippen LogP contribution in [0.3, 0.4) is 0 Å². The maximum atomic E-state index is 12.1. The van der Waals surface area contributed by atoms with Gasteiger partial charge in [-0.1, -0.05) is 52.3 Å². The summed E-state index contributed by atoms with van der Waals surface area (Å²) in [6.07, 6.45) is 0.426. The van der Waals surface area contributed by atoms with Crippen molar-refractivity contribution >= 4 is 21.7 Å². The van der Waals surface area contributed by atoms with Crippen molar-refractivity contribution in [3.8, 4) is 0 Å². The molecule has 2 nitrogen and oxygen atoms in total. The zero-order valence-corrected chi connectivity index (χ0v) is 11.5. The number of carbonyl (C=O) groups is 1. The average molecular weight is 304 g/mol. The van der Waals surface area contributed by atoms with Gasteiger partial charge in [0.1, 0.15) is 0 Å². The molecule has 2 rings (SSSR count). The largest absolute Gasteiger partial charge is 0.326 e. The van der Waals surface area contributed by atoms with Gasteiger partial charge in [-0.3, -0.25) is 4.79 Å². The van der Waals surface area contributed by atoms with Crippen LogP contribution < -0.4 is 5.73 Å². The second-order valence-corrected chi connectivity index (χ2v) is 5.04. The molecule has 2 aromatic carbocycles. The summed E-state index contributed by atoms with van der Waals surface area (Å²) in [6, 6.07) is 15.3. The zero-order chi connectivity index (χ0) is 13.0. The van der Waals surface area contributed by atoms with Crippen LogP contribution in [-0.2, 0) is 13.0 Å². The molecule has 0 saturated carbocycles. The number of benzene rings is 2. The molecule has 3 heteroatoms.